The van der Waals surface area contributed by atoms with Crippen molar-refractivity contribution in [1.82, 2.24) is 14.5 Å². The third-order valence-electron chi connectivity index (χ3n) is 5.44. The summed E-state index contributed by atoms with van der Waals surface area (Å²) in [6.45, 7) is 1.96. The molecule has 0 saturated carbocycles. The standard InChI is InChI=1S/C23H19N3O3S/c1-13-20(16-10-14(28-3)8-9-17(16)26(13)2)18(27)11-30-23-22-21(24-12-25-23)15-6-4-5-7-19(15)29-22/h4-10,12H,11H2,1-3H3. The van der Waals surface area contributed by atoms with Crippen LogP contribution < -0.4 is 4.74 Å². The van der Waals surface area contributed by atoms with E-state index in [1.165, 1.54) is 18.1 Å². The van der Waals surface area contributed by atoms with E-state index in [-0.39, 0.29) is 11.5 Å². The number of carbonyl (C=O) groups is 1. The second-order valence-corrected chi connectivity index (χ2v) is 8.03. The Morgan fingerprint density at radius 2 is 2.00 bits per heavy atom. The Bertz CT molecular complexity index is 1430. The summed E-state index contributed by atoms with van der Waals surface area (Å²) in [6.07, 6.45) is 1.52. The average molecular weight is 417 g/mol. The van der Waals surface area contributed by atoms with Gasteiger partial charge in [0.15, 0.2) is 11.4 Å². The molecule has 0 fully saturated rings. The maximum absolute atomic E-state index is 13.2. The molecule has 30 heavy (non-hydrogen) atoms. The zero-order valence-corrected chi connectivity index (χ0v) is 17.6. The SMILES string of the molecule is COc1ccc2c(c1)c(C(=O)CSc1ncnc3c1oc1ccccc13)c(C)n2C. The Kier molecular flexibility index (Phi) is 4.47. The quantitative estimate of drug-likeness (QED) is 0.223. The number of thioether (sulfide) groups is 1. The molecule has 3 heterocycles. The summed E-state index contributed by atoms with van der Waals surface area (Å²) >= 11 is 1.37. The molecular weight excluding hydrogens is 398 g/mol. The van der Waals surface area contributed by atoms with Crippen LogP contribution in [0, 0.1) is 6.92 Å². The molecule has 0 saturated heterocycles. The highest BCUT2D eigenvalue weighted by Gasteiger charge is 2.21. The van der Waals surface area contributed by atoms with E-state index in [1.807, 2.05) is 61.0 Å². The Labute approximate surface area is 176 Å². The third kappa shape index (κ3) is 2.85. The molecule has 2 aromatic carbocycles. The van der Waals surface area contributed by atoms with Gasteiger partial charge in [-0.3, -0.25) is 4.79 Å². The molecule has 6 nitrogen and oxygen atoms in total. The molecule has 0 spiro atoms. The average Bonchev–Trinajstić information content (AvgIpc) is 3.27. The van der Waals surface area contributed by atoms with Gasteiger partial charge in [0, 0.05) is 34.6 Å². The molecule has 0 N–H and O–H groups in total. The first kappa shape index (κ1) is 18.7. The lowest BCUT2D eigenvalue weighted by atomic mass is 10.1. The minimum Gasteiger partial charge on any atom is -0.497 e. The Hall–Kier alpha value is -3.32. The lowest BCUT2D eigenvalue weighted by Gasteiger charge is -2.03. The first-order valence-corrected chi connectivity index (χ1v) is 10.5. The van der Waals surface area contributed by atoms with Crippen LogP contribution in [0.1, 0.15) is 16.1 Å². The number of rotatable bonds is 5. The smallest absolute Gasteiger partial charge is 0.186 e. The molecule has 5 aromatic rings. The van der Waals surface area contributed by atoms with Gasteiger partial charge in [-0.05, 0) is 37.3 Å². The van der Waals surface area contributed by atoms with E-state index in [1.54, 1.807) is 7.11 Å². The summed E-state index contributed by atoms with van der Waals surface area (Å²) in [5, 5.41) is 2.51. The number of nitrogens with zero attached hydrogens (tertiary/aromatic N) is 3. The number of aromatic nitrogens is 3. The largest absolute Gasteiger partial charge is 0.497 e. The summed E-state index contributed by atoms with van der Waals surface area (Å²) in [6, 6.07) is 13.6. The monoisotopic (exact) mass is 417 g/mol. The number of fused-ring (bicyclic) bond motifs is 4. The van der Waals surface area contributed by atoms with Crippen LogP contribution in [0.2, 0.25) is 0 Å². The molecule has 3 aromatic heterocycles. The molecular formula is C23H19N3O3S. The van der Waals surface area contributed by atoms with Crippen molar-refractivity contribution in [2.45, 2.75) is 11.9 Å². The van der Waals surface area contributed by atoms with E-state index >= 15 is 0 Å². The fourth-order valence-electron chi connectivity index (χ4n) is 3.84. The second-order valence-electron chi connectivity index (χ2n) is 7.07. The molecule has 5 rings (SSSR count). The summed E-state index contributed by atoms with van der Waals surface area (Å²) in [5.41, 5.74) is 4.80. The molecule has 0 atom stereocenters. The van der Waals surface area contributed by atoms with Crippen LogP contribution in [0.25, 0.3) is 33.0 Å². The molecule has 0 amide bonds. The molecule has 0 unspecified atom stereocenters. The van der Waals surface area contributed by atoms with E-state index in [9.17, 15) is 4.79 Å². The predicted octanol–water partition coefficient (Wildman–Crippen LogP) is 5.16. The Balaban J connectivity index is 1.51. The van der Waals surface area contributed by atoms with Gasteiger partial charge in [-0.15, -0.1) is 0 Å². The van der Waals surface area contributed by atoms with Gasteiger partial charge >= 0.3 is 0 Å². The lowest BCUT2D eigenvalue weighted by molar-refractivity contribution is 0.102. The number of Topliss-reactive ketones (excluding diaryl/α,β-unsaturated/α-hetero) is 1. The van der Waals surface area contributed by atoms with Crippen molar-refractivity contribution in [1.29, 1.82) is 0 Å². The van der Waals surface area contributed by atoms with E-state index in [4.69, 9.17) is 9.15 Å². The fourth-order valence-corrected chi connectivity index (χ4v) is 4.64. The number of hydrogen-bond acceptors (Lipinski definition) is 6. The van der Waals surface area contributed by atoms with Crippen LogP contribution in [-0.2, 0) is 7.05 Å². The van der Waals surface area contributed by atoms with Crippen LogP contribution in [0.5, 0.6) is 5.75 Å². The van der Waals surface area contributed by atoms with Gasteiger partial charge in [-0.2, -0.15) is 0 Å². The fraction of sp³-hybridized carbons (Fsp3) is 0.174. The number of aryl methyl sites for hydroxylation is 1. The topological polar surface area (TPSA) is 70.2 Å². The van der Waals surface area contributed by atoms with E-state index in [0.717, 1.165) is 38.8 Å². The number of hydrogen-bond donors (Lipinski definition) is 0. The molecule has 7 heteroatoms. The van der Waals surface area contributed by atoms with Gasteiger partial charge in [0.05, 0.1) is 12.9 Å². The van der Waals surface area contributed by atoms with Crippen LogP contribution >= 0.6 is 11.8 Å². The van der Waals surface area contributed by atoms with Crippen molar-refractivity contribution < 1.29 is 13.9 Å². The highest BCUT2D eigenvalue weighted by molar-refractivity contribution is 8.00. The van der Waals surface area contributed by atoms with Crippen molar-refractivity contribution in [3.8, 4) is 5.75 Å². The molecule has 0 bridgehead atoms. The van der Waals surface area contributed by atoms with Gasteiger partial charge in [-0.1, -0.05) is 23.9 Å². The zero-order chi connectivity index (χ0) is 20.8. The van der Waals surface area contributed by atoms with Gasteiger partial charge in [-0.25, -0.2) is 9.97 Å². The van der Waals surface area contributed by atoms with Crippen molar-refractivity contribution in [2.24, 2.45) is 7.05 Å². The maximum Gasteiger partial charge on any atom is 0.186 e. The Morgan fingerprint density at radius 3 is 2.83 bits per heavy atom. The number of carbonyl (C=O) groups excluding carboxylic acids is 1. The number of para-hydroxylation sites is 1. The van der Waals surface area contributed by atoms with Gasteiger partial charge in [0.1, 0.15) is 28.2 Å². The van der Waals surface area contributed by atoms with E-state index in [2.05, 4.69) is 9.97 Å². The summed E-state index contributed by atoms with van der Waals surface area (Å²) in [4.78, 5) is 22.0. The minimum absolute atomic E-state index is 0.0410. The first-order valence-electron chi connectivity index (χ1n) is 9.49. The minimum atomic E-state index is 0.0410. The van der Waals surface area contributed by atoms with E-state index in [0.29, 0.717) is 16.2 Å². The summed E-state index contributed by atoms with van der Waals surface area (Å²) in [5.74, 6) is 1.02. The van der Waals surface area contributed by atoms with Gasteiger partial charge < -0.3 is 13.7 Å². The third-order valence-corrected chi connectivity index (χ3v) is 6.41. The van der Waals surface area contributed by atoms with Crippen molar-refractivity contribution >= 4 is 50.5 Å². The molecule has 150 valence electrons. The molecule has 0 aliphatic carbocycles. The number of benzene rings is 2. The number of ether oxygens (including phenoxy) is 1. The second kappa shape index (κ2) is 7.18. The van der Waals surface area contributed by atoms with Crippen LogP contribution in [0.3, 0.4) is 0 Å². The number of ketones is 1. The Morgan fingerprint density at radius 1 is 1.17 bits per heavy atom. The van der Waals surface area contributed by atoms with Crippen molar-refractivity contribution in [3.05, 3.63) is 60.0 Å². The van der Waals surface area contributed by atoms with Gasteiger partial charge in [0.2, 0.25) is 0 Å². The number of furan rings is 1. The first-order chi connectivity index (χ1) is 14.6. The highest BCUT2D eigenvalue weighted by atomic mass is 32.2. The molecule has 0 aliphatic rings. The van der Waals surface area contributed by atoms with Crippen molar-refractivity contribution in [3.63, 3.8) is 0 Å². The summed E-state index contributed by atoms with van der Waals surface area (Å²) < 4.78 is 13.4. The lowest BCUT2D eigenvalue weighted by Crippen LogP contribution is -2.05. The zero-order valence-electron chi connectivity index (χ0n) is 16.8. The van der Waals surface area contributed by atoms with Crippen LogP contribution in [-0.4, -0.2) is 33.2 Å². The highest BCUT2D eigenvalue weighted by Crippen LogP contribution is 2.34. The summed E-state index contributed by atoms with van der Waals surface area (Å²) in [7, 11) is 3.60. The van der Waals surface area contributed by atoms with Crippen LogP contribution in [0.4, 0.5) is 0 Å². The number of methoxy groups -OCH3 is 1. The normalized spacial score (nSPS) is 11.6. The van der Waals surface area contributed by atoms with Crippen LogP contribution in [0.15, 0.2) is 58.2 Å². The van der Waals surface area contributed by atoms with Gasteiger partial charge in [0.25, 0.3) is 0 Å². The molecule has 0 radical (unpaired) electrons. The molecule has 0 aliphatic heterocycles. The predicted molar refractivity (Wildman–Crippen MR) is 119 cm³/mol. The van der Waals surface area contributed by atoms with Crippen molar-refractivity contribution in [2.75, 3.05) is 12.9 Å². The van der Waals surface area contributed by atoms with E-state index < -0.39 is 0 Å². The maximum atomic E-state index is 13.2.